The Balaban J connectivity index is -0.000000161. The predicted octanol–water partition coefficient (Wildman–Crippen LogP) is 6.12. The summed E-state index contributed by atoms with van der Waals surface area (Å²) in [6.45, 7) is 2.75. The van der Waals surface area contributed by atoms with Gasteiger partial charge in [-0.2, -0.15) is 0 Å². The number of hydrogen-bond donors (Lipinski definition) is 3. The van der Waals surface area contributed by atoms with Gasteiger partial charge in [0.05, 0.1) is 13.2 Å². The fourth-order valence-electron chi connectivity index (χ4n) is 2.44. The third kappa shape index (κ3) is 49.2. The van der Waals surface area contributed by atoms with Crippen LogP contribution in [0.5, 0.6) is 0 Å². The summed E-state index contributed by atoms with van der Waals surface area (Å²) in [5, 5.41) is 7.82. The van der Waals surface area contributed by atoms with Crippen molar-refractivity contribution < 1.29 is 47.6 Å². The SMILES string of the molecule is C.C.C.C.C.C.C.C.C.COCCNC(=O)OCC(COC(=O)NCCOC)OCCCC(=O)NCCCOCCCC=O. The maximum Gasteiger partial charge on any atom is 0.407 e. The van der Waals surface area contributed by atoms with Gasteiger partial charge in [0.1, 0.15) is 25.6 Å². The molecule has 0 aromatic heterocycles. The van der Waals surface area contributed by atoms with Gasteiger partial charge in [0.2, 0.25) is 5.91 Å². The Morgan fingerprint density at radius 2 is 1.09 bits per heavy atom. The van der Waals surface area contributed by atoms with Crippen molar-refractivity contribution in [2.24, 2.45) is 0 Å². The van der Waals surface area contributed by atoms with Crippen LogP contribution in [0.15, 0.2) is 0 Å². The van der Waals surface area contributed by atoms with Crippen LogP contribution in [0.3, 0.4) is 0 Å². The number of carbonyl (C=O) groups excluding carboxylic acids is 4. The summed E-state index contributed by atoms with van der Waals surface area (Å²) >= 11 is 0. The Hall–Kier alpha value is -2.48. The zero-order valence-electron chi connectivity index (χ0n) is 20.8. The molecule has 276 valence electrons. The molecule has 0 bridgehead atoms. The summed E-state index contributed by atoms with van der Waals surface area (Å²) < 4.78 is 30.9. The summed E-state index contributed by atoms with van der Waals surface area (Å²) in [6.07, 6.45) is 1.42. The molecule has 0 aromatic carbocycles. The van der Waals surface area contributed by atoms with E-state index in [9.17, 15) is 19.2 Å². The minimum absolute atomic E-state index is 0. The average molecular weight is 652 g/mol. The van der Waals surface area contributed by atoms with Crippen LogP contribution in [-0.4, -0.2) is 111 Å². The summed E-state index contributed by atoms with van der Waals surface area (Å²) in [4.78, 5) is 45.5. The Labute approximate surface area is 273 Å². The monoisotopic (exact) mass is 652 g/mol. The van der Waals surface area contributed by atoms with Crippen molar-refractivity contribution in [2.75, 3.05) is 80.1 Å². The predicted molar refractivity (Wildman–Crippen MR) is 186 cm³/mol. The van der Waals surface area contributed by atoms with E-state index in [2.05, 4.69) is 16.0 Å². The molecule has 44 heavy (non-hydrogen) atoms. The van der Waals surface area contributed by atoms with Gasteiger partial charge in [-0.1, -0.05) is 66.8 Å². The summed E-state index contributed by atoms with van der Waals surface area (Å²) in [6, 6.07) is 0. The van der Waals surface area contributed by atoms with E-state index in [0.29, 0.717) is 71.7 Å². The van der Waals surface area contributed by atoms with Gasteiger partial charge in [0, 0.05) is 66.5 Å². The maximum atomic E-state index is 11.9. The van der Waals surface area contributed by atoms with Crippen molar-refractivity contribution >= 4 is 24.4 Å². The molecule has 0 atom stereocenters. The number of methoxy groups -OCH3 is 2. The fourth-order valence-corrected chi connectivity index (χ4v) is 2.44. The van der Waals surface area contributed by atoms with Crippen LogP contribution >= 0.6 is 0 Å². The molecule has 0 aliphatic carbocycles. The summed E-state index contributed by atoms with van der Waals surface area (Å²) in [5.74, 6) is -0.117. The summed E-state index contributed by atoms with van der Waals surface area (Å²) in [7, 11) is 3.03. The second kappa shape index (κ2) is 53.1. The normalized spacial score (nSPS) is 8.43. The van der Waals surface area contributed by atoms with E-state index in [-0.39, 0.29) is 99.0 Å². The van der Waals surface area contributed by atoms with Crippen LogP contribution in [0.1, 0.15) is 98.9 Å². The highest BCUT2D eigenvalue weighted by Gasteiger charge is 2.16. The Bertz CT molecular complexity index is 545. The highest BCUT2D eigenvalue weighted by Crippen LogP contribution is 2.00. The van der Waals surface area contributed by atoms with E-state index in [4.69, 9.17) is 28.4 Å². The van der Waals surface area contributed by atoms with Gasteiger partial charge in [-0.05, 0) is 19.3 Å². The van der Waals surface area contributed by atoms with E-state index < -0.39 is 18.3 Å². The van der Waals surface area contributed by atoms with Crippen LogP contribution in [-0.2, 0) is 38.0 Å². The lowest BCUT2D eigenvalue weighted by molar-refractivity contribution is -0.121. The zero-order valence-corrected chi connectivity index (χ0v) is 20.8. The van der Waals surface area contributed by atoms with Gasteiger partial charge in [-0.15, -0.1) is 0 Å². The van der Waals surface area contributed by atoms with Crippen molar-refractivity contribution in [1.82, 2.24) is 16.0 Å². The highest BCUT2D eigenvalue weighted by atomic mass is 16.6. The maximum absolute atomic E-state index is 11.9. The number of amides is 3. The number of nitrogens with one attached hydrogen (secondary N) is 3. The van der Waals surface area contributed by atoms with E-state index in [1.165, 1.54) is 14.2 Å². The van der Waals surface area contributed by atoms with Gasteiger partial charge in [0.15, 0.2) is 0 Å². The molecular weight excluding hydrogens is 574 g/mol. The first kappa shape index (κ1) is 68.6. The van der Waals surface area contributed by atoms with Crippen LogP contribution in [0, 0.1) is 0 Å². The number of ether oxygens (including phenoxy) is 6. The lowest BCUT2D eigenvalue weighted by Crippen LogP contribution is -2.35. The topological polar surface area (TPSA) is 160 Å². The van der Waals surface area contributed by atoms with E-state index in [1.807, 2.05) is 0 Å². The molecule has 13 heteroatoms. The Kier molecular flexibility index (Phi) is 82.8. The molecule has 0 aromatic rings. The number of hydrogen-bond acceptors (Lipinski definition) is 10. The molecule has 3 amide bonds. The lowest BCUT2D eigenvalue weighted by atomic mass is 10.3. The van der Waals surface area contributed by atoms with E-state index in [1.54, 1.807) is 0 Å². The van der Waals surface area contributed by atoms with Crippen molar-refractivity contribution in [3.63, 3.8) is 0 Å². The first-order chi connectivity index (χ1) is 17.0. The molecule has 0 saturated heterocycles. The first-order valence-electron chi connectivity index (χ1n) is 11.7. The van der Waals surface area contributed by atoms with Crippen molar-refractivity contribution in [1.29, 1.82) is 0 Å². The molecule has 0 heterocycles. The molecule has 0 aliphatic heterocycles. The second-order valence-corrected chi connectivity index (χ2v) is 7.26. The van der Waals surface area contributed by atoms with Crippen molar-refractivity contribution in [3.8, 4) is 0 Å². The fraction of sp³-hybridized carbons (Fsp3) is 0.871. The standard InChI is InChI=1S/C22H41N3O10.9CH4/c1-30-15-9-24-21(28)34-17-19(18-35-22(29)25-10-16-31-2)33-14-5-7-20(27)23-8-6-13-32-12-4-3-11-26;;;;;;;;;/h11,19H,3-10,12-18H2,1-2H3,(H,23,27)(H,24,28)(H,25,29);9*1H4. The van der Waals surface area contributed by atoms with Crippen molar-refractivity contribution in [3.05, 3.63) is 0 Å². The van der Waals surface area contributed by atoms with Gasteiger partial charge in [-0.25, -0.2) is 9.59 Å². The highest BCUT2D eigenvalue weighted by molar-refractivity contribution is 5.75. The molecule has 13 nitrogen and oxygen atoms in total. The van der Waals surface area contributed by atoms with Crippen molar-refractivity contribution in [2.45, 2.75) is 105 Å². The molecule has 0 fully saturated rings. The third-order valence-electron chi connectivity index (χ3n) is 4.25. The number of carbonyl (C=O) groups is 4. The van der Waals surface area contributed by atoms with Gasteiger partial charge in [-0.3, -0.25) is 4.79 Å². The quantitative estimate of drug-likeness (QED) is 0.0867. The Morgan fingerprint density at radius 1 is 0.614 bits per heavy atom. The third-order valence-corrected chi connectivity index (χ3v) is 4.25. The van der Waals surface area contributed by atoms with E-state index >= 15 is 0 Å². The zero-order chi connectivity index (χ0) is 26.0. The van der Waals surface area contributed by atoms with Gasteiger partial charge < -0.3 is 49.2 Å². The molecule has 0 spiro atoms. The number of alkyl carbamates (subject to hydrolysis) is 2. The molecule has 0 saturated carbocycles. The molecule has 0 unspecified atom stereocenters. The lowest BCUT2D eigenvalue weighted by Gasteiger charge is -2.18. The summed E-state index contributed by atoms with van der Waals surface area (Å²) in [5.41, 5.74) is 0. The molecule has 0 rings (SSSR count). The molecule has 0 radical (unpaired) electrons. The van der Waals surface area contributed by atoms with Gasteiger partial charge >= 0.3 is 12.2 Å². The van der Waals surface area contributed by atoms with Crippen LogP contribution in [0.4, 0.5) is 9.59 Å². The van der Waals surface area contributed by atoms with Gasteiger partial charge in [0.25, 0.3) is 0 Å². The molecular formula is C31H77N3O10. The second-order valence-electron chi connectivity index (χ2n) is 7.26. The first-order valence-corrected chi connectivity index (χ1v) is 11.7. The minimum atomic E-state index is -0.698. The average Bonchev–Trinajstić information content (AvgIpc) is 2.84. The van der Waals surface area contributed by atoms with Crippen LogP contribution in [0.25, 0.3) is 0 Å². The largest absolute Gasteiger partial charge is 0.447 e. The number of unbranched alkanes of at least 4 members (excludes halogenated alkanes) is 1. The molecule has 3 N–H and O–H groups in total. The smallest absolute Gasteiger partial charge is 0.407 e. The molecule has 0 aliphatic rings. The Morgan fingerprint density at radius 3 is 1.55 bits per heavy atom. The van der Waals surface area contributed by atoms with Crippen LogP contribution < -0.4 is 16.0 Å². The number of aldehydes is 1. The number of rotatable bonds is 23. The minimum Gasteiger partial charge on any atom is -0.447 e. The van der Waals surface area contributed by atoms with Crippen LogP contribution in [0.2, 0.25) is 0 Å². The van der Waals surface area contributed by atoms with E-state index in [0.717, 1.165) is 6.29 Å².